The van der Waals surface area contributed by atoms with Gasteiger partial charge in [-0.05, 0) is 56.3 Å². The third-order valence-corrected chi connectivity index (χ3v) is 5.47. The molecule has 0 amide bonds. The first-order valence-corrected chi connectivity index (χ1v) is 9.06. The number of aryl methyl sites for hydroxylation is 1. The first-order chi connectivity index (χ1) is 10.8. The molecule has 1 aliphatic carbocycles. The third kappa shape index (κ3) is 2.74. The highest BCUT2D eigenvalue weighted by Gasteiger charge is 2.29. The molecule has 2 aromatic rings. The first-order valence-electron chi connectivity index (χ1n) is 8.27. The van der Waals surface area contributed by atoms with Crippen LogP contribution in [0.3, 0.4) is 0 Å². The zero-order valence-corrected chi connectivity index (χ0v) is 14.3. The smallest absolute Gasteiger partial charge is 0.140 e. The summed E-state index contributed by atoms with van der Waals surface area (Å²) in [4.78, 5) is 2.56. The predicted octanol–water partition coefficient (Wildman–Crippen LogP) is 4.65. The number of rotatable bonds is 3. The van der Waals surface area contributed by atoms with E-state index in [1.807, 2.05) is 0 Å². The first kappa shape index (κ1) is 14.5. The topological polar surface area (TPSA) is 29.3 Å². The average Bonchev–Trinajstić information content (AvgIpc) is 3.15. The van der Waals surface area contributed by atoms with E-state index in [2.05, 4.69) is 50.3 Å². The molecule has 1 unspecified atom stereocenters. The van der Waals surface area contributed by atoms with Gasteiger partial charge in [-0.3, -0.25) is 4.90 Å². The van der Waals surface area contributed by atoms with Crippen molar-refractivity contribution < 1.29 is 4.52 Å². The second kappa shape index (κ2) is 6.17. The SMILES string of the molecule is Brc1cccc(C2CCCN2Cc2noc3c2CCCC3)c1. The standard InChI is InChI=1S/C18H21BrN2O/c19-14-6-3-5-13(11-14)17-8-4-10-21(17)12-16-15-7-1-2-9-18(15)22-20-16/h3,5-6,11,17H,1-2,4,7-10,12H2. The van der Waals surface area contributed by atoms with Crippen LogP contribution in [0.1, 0.15) is 54.3 Å². The Morgan fingerprint density at radius 1 is 1.23 bits per heavy atom. The van der Waals surface area contributed by atoms with Crippen molar-refractivity contribution >= 4 is 15.9 Å². The summed E-state index contributed by atoms with van der Waals surface area (Å²) in [6.45, 7) is 2.08. The lowest BCUT2D eigenvalue weighted by atomic mass is 9.96. The van der Waals surface area contributed by atoms with Gasteiger partial charge >= 0.3 is 0 Å². The van der Waals surface area contributed by atoms with Gasteiger partial charge in [-0.2, -0.15) is 0 Å². The van der Waals surface area contributed by atoms with E-state index in [1.165, 1.54) is 42.5 Å². The van der Waals surface area contributed by atoms with E-state index in [1.54, 1.807) is 0 Å². The fourth-order valence-electron chi connectivity index (χ4n) is 3.87. The minimum atomic E-state index is 0.508. The number of fused-ring (bicyclic) bond motifs is 1. The number of hydrogen-bond acceptors (Lipinski definition) is 3. The highest BCUT2D eigenvalue weighted by molar-refractivity contribution is 9.10. The van der Waals surface area contributed by atoms with E-state index in [4.69, 9.17) is 4.52 Å². The van der Waals surface area contributed by atoms with Crippen LogP contribution in [0.5, 0.6) is 0 Å². The number of nitrogens with zero attached hydrogens (tertiary/aromatic N) is 2. The summed E-state index contributed by atoms with van der Waals surface area (Å²) in [5, 5.41) is 4.38. The molecule has 116 valence electrons. The molecule has 22 heavy (non-hydrogen) atoms. The Balaban J connectivity index is 1.56. The minimum Gasteiger partial charge on any atom is -0.361 e. The van der Waals surface area contributed by atoms with Crippen LogP contribution in [-0.2, 0) is 19.4 Å². The summed E-state index contributed by atoms with van der Waals surface area (Å²) in [7, 11) is 0. The summed E-state index contributed by atoms with van der Waals surface area (Å²) >= 11 is 3.59. The van der Waals surface area contributed by atoms with Gasteiger partial charge < -0.3 is 4.52 Å². The molecule has 1 fully saturated rings. The Morgan fingerprint density at radius 2 is 2.14 bits per heavy atom. The Morgan fingerprint density at radius 3 is 3.05 bits per heavy atom. The van der Waals surface area contributed by atoms with Crippen LogP contribution in [0, 0.1) is 0 Å². The van der Waals surface area contributed by atoms with Crippen molar-refractivity contribution in [3.05, 3.63) is 51.3 Å². The molecule has 1 aromatic carbocycles. The van der Waals surface area contributed by atoms with Gasteiger partial charge in [-0.25, -0.2) is 0 Å². The van der Waals surface area contributed by atoms with E-state index < -0.39 is 0 Å². The Labute approximate surface area is 139 Å². The fraction of sp³-hybridized carbons (Fsp3) is 0.500. The maximum absolute atomic E-state index is 5.57. The monoisotopic (exact) mass is 360 g/mol. The van der Waals surface area contributed by atoms with Crippen molar-refractivity contribution in [2.45, 2.75) is 51.1 Å². The van der Waals surface area contributed by atoms with Crippen molar-refractivity contribution in [2.75, 3.05) is 6.54 Å². The summed E-state index contributed by atoms with van der Waals surface area (Å²) in [6.07, 6.45) is 7.22. The van der Waals surface area contributed by atoms with Crippen LogP contribution in [0.15, 0.2) is 33.3 Å². The van der Waals surface area contributed by atoms with Crippen LogP contribution < -0.4 is 0 Å². The van der Waals surface area contributed by atoms with Gasteiger partial charge in [0.25, 0.3) is 0 Å². The Kier molecular flexibility index (Phi) is 4.05. The number of likely N-dealkylation sites (tertiary alicyclic amines) is 1. The van der Waals surface area contributed by atoms with E-state index in [-0.39, 0.29) is 0 Å². The lowest BCUT2D eigenvalue weighted by Gasteiger charge is -2.24. The quantitative estimate of drug-likeness (QED) is 0.797. The van der Waals surface area contributed by atoms with E-state index in [0.29, 0.717) is 6.04 Å². The number of aromatic nitrogens is 1. The van der Waals surface area contributed by atoms with E-state index in [0.717, 1.165) is 36.2 Å². The van der Waals surface area contributed by atoms with Crippen molar-refractivity contribution in [2.24, 2.45) is 0 Å². The summed E-state index contributed by atoms with van der Waals surface area (Å²) in [6, 6.07) is 9.23. The summed E-state index contributed by atoms with van der Waals surface area (Å²) in [5.74, 6) is 1.14. The van der Waals surface area contributed by atoms with Crippen molar-refractivity contribution in [1.82, 2.24) is 10.1 Å². The van der Waals surface area contributed by atoms with E-state index in [9.17, 15) is 0 Å². The molecule has 1 aromatic heterocycles. The molecule has 4 rings (SSSR count). The largest absolute Gasteiger partial charge is 0.361 e. The molecule has 0 N–H and O–H groups in total. The lowest BCUT2D eigenvalue weighted by molar-refractivity contribution is 0.239. The average molecular weight is 361 g/mol. The summed E-state index contributed by atoms with van der Waals surface area (Å²) in [5.41, 5.74) is 3.98. The molecule has 4 heteroatoms. The van der Waals surface area contributed by atoms with Gasteiger partial charge in [0.1, 0.15) is 11.5 Å². The van der Waals surface area contributed by atoms with Crippen molar-refractivity contribution in [3.8, 4) is 0 Å². The van der Waals surface area contributed by atoms with Crippen LogP contribution >= 0.6 is 15.9 Å². The number of hydrogen-bond donors (Lipinski definition) is 0. The second-order valence-corrected chi connectivity index (χ2v) is 7.34. The molecule has 0 spiro atoms. The molecular weight excluding hydrogens is 340 g/mol. The molecule has 1 saturated heterocycles. The van der Waals surface area contributed by atoms with Gasteiger partial charge in [-0.1, -0.05) is 33.2 Å². The molecule has 3 nitrogen and oxygen atoms in total. The molecule has 1 atom stereocenters. The van der Waals surface area contributed by atoms with Crippen LogP contribution in [0.25, 0.3) is 0 Å². The molecule has 0 saturated carbocycles. The number of benzene rings is 1. The zero-order valence-electron chi connectivity index (χ0n) is 12.7. The second-order valence-electron chi connectivity index (χ2n) is 6.42. The lowest BCUT2D eigenvalue weighted by Crippen LogP contribution is -2.23. The van der Waals surface area contributed by atoms with Gasteiger partial charge in [0.15, 0.2) is 0 Å². The van der Waals surface area contributed by atoms with Crippen molar-refractivity contribution in [3.63, 3.8) is 0 Å². The van der Waals surface area contributed by atoms with Gasteiger partial charge in [-0.15, -0.1) is 0 Å². The minimum absolute atomic E-state index is 0.508. The zero-order chi connectivity index (χ0) is 14.9. The third-order valence-electron chi connectivity index (χ3n) is 4.98. The molecule has 0 bridgehead atoms. The highest BCUT2D eigenvalue weighted by atomic mass is 79.9. The molecule has 0 radical (unpaired) electrons. The molecule has 2 heterocycles. The molecule has 2 aliphatic rings. The van der Waals surface area contributed by atoms with Crippen LogP contribution in [-0.4, -0.2) is 16.6 Å². The van der Waals surface area contributed by atoms with E-state index >= 15 is 0 Å². The maximum atomic E-state index is 5.57. The van der Waals surface area contributed by atoms with Crippen LogP contribution in [0.2, 0.25) is 0 Å². The molecular formula is C18H21BrN2O. The van der Waals surface area contributed by atoms with Gasteiger partial charge in [0.2, 0.25) is 0 Å². The normalized spacial score (nSPS) is 22.0. The molecule has 1 aliphatic heterocycles. The summed E-state index contributed by atoms with van der Waals surface area (Å²) < 4.78 is 6.74. The fourth-order valence-corrected chi connectivity index (χ4v) is 4.29. The highest BCUT2D eigenvalue weighted by Crippen LogP contribution is 2.35. The van der Waals surface area contributed by atoms with Gasteiger partial charge in [0, 0.05) is 29.0 Å². The number of halogens is 1. The Bertz CT molecular complexity index is 667. The van der Waals surface area contributed by atoms with Crippen molar-refractivity contribution in [1.29, 1.82) is 0 Å². The van der Waals surface area contributed by atoms with Gasteiger partial charge in [0.05, 0.1) is 0 Å². The van der Waals surface area contributed by atoms with Crippen LogP contribution in [0.4, 0.5) is 0 Å². The maximum Gasteiger partial charge on any atom is 0.140 e. The Hall–Kier alpha value is -1.13. The predicted molar refractivity (Wildman–Crippen MR) is 89.7 cm³/mol.